The second kappa shape index (κ2) is 5.84. The fourth-order valence-corrected chi connectivity index (χ4v) is 4.06. The largest absolute Gasteiger partial charge is 0.241 e. The van der Waals surface area contributed by atoms with Crippen LogP contribution in [0.3, 0.4) is 0 Å². The molecule has 4 nitrogen and oxygen atoms in total. The normalized spacial score (nSPS) is 26.9. The summed E-state index contributed by atoms with van der Waals surface area (Å²) in [5, 5.41) is 9.40. The lowest BCUT2D eigenvalue weighted by Crippen LogP contribution is -2.49. The molecule has 0 radical (unpaired) electrons. The van der Waals surface area contributed by atoms with Gasteiger partial charge in [0.05, 0.1) is 11.0 Å². The Bertz CT molecular complexity index is 612. The van der Waals surface area contributed by atoms with Gasteiger partial charge in [0.15, 0.2) is 0 Å². The molecule has 6 heteroatoms. The molecule has 0 atom stereocenters. The highest BCUT2D eigenvalue weighted by Crippen LogP contribution is 2.32. The van der Waals surface area contributed by atoms with Crippen LogP contribution in [0.2, 0.25) is 0 Å². The molecule has 0 heterocycles. The number of halogens is 1. The maximum atomic E-state index is 12.4. The quantitative estimate of drug-likeness (QED) is 0.903. The van der Waals surface area contributed by atoms with Crippen molar-refractivity contribution in [1.82, 2.24) is 4.72 Å². The van der Waals surface area contributed by atoms with Crippen molar-refractivity contribution in [1.29, 1.82) is 5.26 Å². The van der Waals surface area contributed by atoms with Gasteiger partial charge in [0.2, 0.25) is 10.0 Å². The van der Waals surface area contributed by atoms with Crippen LogP contribution < -0.4 is 4.72 Å². The summed E-state index contributed by atoms with van der Waals surface area (Å²) in [4.78, 5) is 0.189. The predicted molar refractivity (Wildman–Crippen MR) is 80.4 cm³/mol. The van der Waals surface area contributed by atoms with Gasteiger partial charge in [0.25, 0.3) is 0 Å². The van der Waals surface area contributed by atoms with Gasteiger partial charge >= 0.3 is 0 Å². The van der Waals surface area contributed by atoms with E-state index in [0.717, 1.165) is 17.3 Å². The molecule has 1 saturated carbocycles. The summed E-state index contributed by atoms with van der Waals surface area (Å²) in [5.74, 6) is 0.550. The number of nitriles is 1. The van der Waals surface area contributed by atoms with Crippen LogP contribution in [0, 0.1) is 17.2 Å². The molecule has 0 aromatic heterocycles. The highest BCUT2D eigenvalue weighted by atomic mass is 79.9. The summed E-state index contributed by atoms with van der Waals surface area (Å²) in [5.41, 5.74) is -0.960. The molecule has 1 aromatic rings. The van der Waals surface area contributed by atoms with E-state index in [1.165, 1.54) is 12.1 Å². The Kier molecular flexibility index (Phi) is 4.52. The molecule has 0 saturated heterocycles. The second-order valence-electron chi connectivity index (χ2n) is 5.44. The van der Waals surface area contributed by atoms with Gasteiger partial charge in [0, 0.05) is 4.47 Å². The average Bonchev–Trinajstić information content (AvgIpc) is 2.42. The van der Waals surface area contributed by atoms with Gasteiger partial charge in [0.1, 0.15) is 5.54 Å². The van der Waals surface area contributed by atoms with E-state index in [0.29, 0.717) is 18.8 Å². The molecule has 20 heavy (non-hydrogen) atoms. The maximum Gasteiger partial charge on any atom is 0.241 e. The van der Waals surface area contributed by atoms with Crippen LogP contribution in [0.1, 0.15) is 32.6 Å². The zero-order chi connectivity index (χ0) is 14.8. The topological polar surface area (TPSA) is 70.0 Å². The minimum Gasteiger partial charge on any atom is -0.207 e. The lowest BCUT2D eigenvalue weighted by atomic mass is 9.79. The van der Waals surface area contributed by atoms with E-state index in [9.17, 15) is 13.7 Å². The lowest BCUT2D eigenvalue weighted by Gasteiger charge is -2.33. The minimum atomic E-state index is -3.66. The molecule has 0 bridgehead atoms. The fourth-order valence-electron chi connectivity index (χ4n) is 2.42. The van der Waals surface area contributed by atoms with Gasteiger partial charge in [-0.2, -0.15) is 9.98 Å². The zero-order valence-electron chi connectivity index (χ0n) is 11.3. The first-order valence-corrected chi connectivity index (χ1v) is 8.85. The van der Waals surface area contributed by atoms with Gasteiger partial charge in [-0.25, -0.2) is 8.42 Å². The lowest BCUT2D eigenvalue weighted by molar-refractivity contribution is 0.278. The van der Waals surface area contributed by atoms with E-state index in [4.69, 9.17) is 0 Å². The van der Waals surface area contributed by atoms with Crippen LogP contribution in [-0.4, -0.2) is 14.0 Å². The number of nitrogens with zero attached hydrogens (tertiary/aromatic N) is 1. The molecule has 0 amide bonds. The van der Waals surface area contributed by atoms with Crippen molar-refractivity contribution >= 4 is 26.0 Å². The third kappa shape index (κ3) is 3.40. The van der Waals surface area contributed by atoms with Crippen LogP contribution >= 0.6 is 15.9 Å². The van der Waals surface area contributed by atoms with Gasteiger partial charge in [-0.05, 0) is 55.9 Å². The van der Waals surface area contributed by atoms with Crippen molar-refractivity contribution in [3.63, 3.8) is 0 Å². The summed E-state index contributed by atoms with van der Waals surface area (Å²) < 4.78 is 28.2. The zero-order valence-corrected chi connectivity index (χ0v) is 13.7. The Labute approximate surface area is 128 Å². The molecule has 1 N–H and O–H groups in total. The molecular weight excluding hydrogens is 340 g/mol. The summed E-state index contributed by atoms with van der Waals surface area (Å²) >= 11 is 3.27. The van der Waals surface area contributed by atoms with E-state index < -0.39 is 15.6 Å². The van der Waals surface area contributed by atoms with Crippen molar-refractivity contribution in [3.05, 3.63) is 28.7 Å². The van der Waals surface area contributed by atoms with Gasteiger partial charge < -0.3 is 0 Å². The Balaban J connectivity index is 2.23. The minimum absolute atomic E-state index is 0.189. The summed E-state index contributed by atoms with van der Waals surface area (Å²) in [6.45, 7) is 2.13. The summed E-state index contributed by atoms with van der Waals surface area (Å²) in [6.07, 6.45) is 2.88. The van der Waals surface area contributed by atoms with E-state index in [1.54, 1.807) is 12.1 Å². The third-order valence-corrected chi connectivity index (χ3v) is 5.88. The number of rotatable bonds is 3. The molecule has 108 valence electrons. The van der Waals surface area contributed by atoms with Crippen LogP contribution in [0.4, 0.5) is 0 Å². The van der Waals surface area contributed by atoms with Crippen LogP contribution in [-0.2, 0) is 10.0 Å². The molecule has 1 fully saturated rings. The van der Waals surface area contributed by atoms with Gasteiger partial charge in [-0.1, -0.05) is 22.9 Å². The van der Waals surface area contributed by atoms with Crippen molar-refractivity contribution in [2.45, 2.75) is 43.0 Å². The van der Waals surface area contributed by atoms with Crippen LogP contribution in [0.5, 0.6) is 0 Å². The molecule has 1 aliphatic carbocycles. The van der Waals surface area contributed by atoms with E-state index in [2.05, 4.69) is 33.6 Å². The Morgan fingerprint density at radius 1 is 1.30 bits per heavy atom. The first kappa shape index (κ1) is 15.5. The monoisotopic (exact) mass is 356 g/mol. The number of hydrogen-bond donors (Lipinski definition) is 1. The molecular formula is C14H17BrN2O2S. The van der Waals surface area contributed by atoms with Crippen LogP contribution in [0.25, 0.3) is 0 Å². The first-order valence-electron chi connectivity index (χ1n) is 6.58. The fraction of sp³-hybridized carbons (Fsp3) is 0.500. The van der Waals surface area contributed by atoms with Crippen molar-refractivity contribution in [2.75, 3.05) is 0 Å². The molecule has 0 spiro atoms. The maximum absolute atomic E-state index is 12.4. The number of nitrogens with one attached hydrogen (secondary N) is 1. The van der Waals surface area contributed by atoms with Gasteiger partial charge in [-0.15, -0.1) is 0 Å². The Morgan fingerprint density at radius 2 is 1.85 bits per heavy atom. The smallest absolute Gasteiger partial charge is 0.207 e. The number of sulfonamides is 1. The predicted octanol–water partition coefficient (Wildman–Crippen LogP) is 3.20. The van der Waals surface area contributed by atoms with E-state index in [-0.39, 0.29) is 4.90 Å². The molecule has 2 rings (SSSR count). The summed E-state index contributed by atoms with van der Waals surface area (Å²) in [6, 6.07) is 8.59. The molecule has 1 aromatic carbocycles. The highest BCUT2D eigenvalue weighted by Gasteiger charge is 2.38. The average molecular weight is 357 g/mol. The van der Waals surface area contributed by atoms with Crippen molar-refractivity contribution in [3.8, 4) is 6.07 Å². The molecule has 0 aliphatic heterocycles. The standard InChI is InChI=1S/C14H17BrN2O2S/c1-11-6-8-14(10-16,9-7-11)17-20(18,19)13-4-2-12(15)3-5-13/h2-5,11,17H,6-9H2,1H3. The second-order valence-corrected chi connectivity index (χ2v) is 8.03. The Hall–Kier alpha value is -0.900. The van der Waals surface area contributed by atoms with Crippen molar-refractivity contribution < 1.29 is 8.42 Å². The van der Waals surface area contributed by atoms with Gasteiger partial charge in [-0.3, -0.25) is 0 Å². The first-order chi connectivity index (χ1) is 9.37. The Morgan fingerprint density at radius 3 is 2.35 bits per heavy atom. The van der Waals surface area contributed by atoms with E-state index >= 15 is 0 Å². The molecule has 1 aliphatic rings. The SMILES string of the molecule is CC1CCC(C#N)(NS(=O)(=O)c2ccc(Br)cc2)CC1. The highest BCUT2D eigenvalue weighted by molar-refractivity contribution is 9.10. The third-order valence-electron chi connectivity index (χ3n) is 3.80. The number of hydrogen-bond acceptors (Lipinski definition) is 3. The summed E-state index contributed by atoms with van der Waals surface area (Å²) in [7, 11) is -3.66. The molecule has 0 unspecified atom stereocenters. The van der Waals surface area contributed by atoms with Crippen LogP contribution in [0.15, 0.2) is 33.6 Å². The van der Waals surface area contributed by atoms with E-state index in [1.807, 2.05) is 0 Å². The number of benzene rings is 1. The van der Waals surface area contributed by atoms with Crippen molar-refractivity contribution in [2.24, 2.45) is 5.92 Å².